The number of nitrogens with one attached hydrogen (secondary N) is 2. The standard InChI is InChI=1S/C15H16FN3O3/c1-15(2,3)22-14(20)18-13(17)9-4-5-10(11(16)8-9)12-6-7-21-19-12/h4-8H,1-3H3,(H2,17,18,20). The highest BCUT2D eigenvalue weighted by Gasteiger charge is 2.18. The van der Waals surface area contributed by atoms with Gasteiger partial charge in [0.2, 0.25) is 0 Å². The van der Waals surface area contributed by atoms with E-state index in [2.05, 4.69) is 15.0 Å². The Morgan fingerprint density at radius 1 is 1.36 bits per heavy atom. The van der Waals surface area contributed by atoms with Crippen LogP contribution in [-0.4, -0.2) is 22.7 Å². The van der Waals surface area contributed by atoms with Gasteiger partial charge in [-0.15, -0.1) is 0 Å². The molecule has 0 fully saturated rings. The third kappa shape index (κ3) is 3.91. The molecule has 1 aromatic carbocycles. The van der Waals surface area contributed by atoms with Gasteiger partial charge in [0.15, 0.2) is 0 Å². The summed E-state index contributed by atoms with van der Waals surface area (Å²) in [6, 6.07) is 5.65. The zero-order chi connectivity index (χ0) is 16.3. The van der Waals surface area contributed by atoms with E-state index < -0.39 is 17.5 Å². The molecule has 0 saturated carbocycles. The van der Waals surface area contributed by atoms with Gasteiger partial charge in [-0.1, -0.05) is 11.2 Å². The van der Waals surface area contributed by atoms with E-state index >= 15 is 0 Å². The summed E-state index contributed by atoms with van der Waals surface area (Å²) in [7, 11) is 0. The molecular formula is C15H16FN3O3. The number of benzene rings is 1. The Morgan fingerprint density at radius 2 is 2.09 bits per heavy atom. The number of alkyl carbamates (subject to hydrolysis) is 1. The quantitative estimate of drug-likeness (QED) is 0.658. The Balaban J connectivity index is 2.11. The maximum absolute atomic E-state index is 14.1. The van der Waals surface area contributed by atoms with E-state index in [0.717, 1.165) is 6.07 Å². The van der Waals surface area contributed by atoms with E-state index in [1.807, 2.05) is 0 Å². The number of hydrogen-bond donors (Lipinski definition) is 2. The third-order valence-corrected chi connectivity index (χ3v) is 2.60. The van der Waals surface area contributed by atoms with Crippen molar-refractivity contribution in [2.75, 3.05) is 0 Å². The minimum Gasteiger partial charge on any atom is -0.444 e. The van der Waals surface area contributed by atoms with E-state index in [-0.39, 0.29) is 17.0 Å². The van der Waals surface area contributed by atoms with Gasteiger partial charge in [-0.2, -0.15) is 0 Å². The van der Waals surface area contributed by atoms with Crippen molar-refractivity contribution in [2.24, 2.45) is 0 Å². The Kier molecular flexibility index (Phi) is 4.25. The molecule has 1 heterocycles. The van der Waals surface area contributed by atoms with Crippen LogP contribution < -0.4 is 5.32 Å². The number of ether oxygens (including phenoxy) is 1. The fourth-order valence-corrected chi connectivity index (χ4v) is 1.71. The maximum Gasteiger partial charge on any atom is 0.413 e. The van der Waals surface area contributed by atoms with E-state index in [9.17, 15) is 9.18 Å². The fraction of sp³-hybridized carbons (Fsp3) is 0.267. The first-order valence-corrected chi connectivity index (χ1v) is 6.55. The number of nitrogens with zero attached hydrogens (tertiary/aromatic N) is 1. The molecule has 0 unspecified atom stereocenters. The van der Waals surface area contributed by atoms with Crippen LogP contribution in [0.2, 0.25) is 0 Å². The molecule has 0 saturated heterocycles. The lowest BCUT2D eigenvalue weighted by Gasteiger charge is -2.19. The van der Waals surface area contributed by atoms with E-state index in [4.69, 9.17) is 10.1 Å². The van der Waals surface area contributed by atoms with Crippen LogP contribution in [0.5, 0.6) is 0 Å². The molecule has 2 aromatic rings. The lowest BCUT2D eigenvalue weighted by atomic mass is 10.1. The molecule has 1 amide bonds. The molecule has 0 aliphatic carbocycles. The van der Waals surface area contributed by atoms with Gasteiger partial charge in [-0.05, 0) is 32.9 Å². The van der Waals surface area contributed by atoms with Crippen LogP contribution in [0.15, 0.2) is 35.1 Å². The van der Waals surface area contributed by atoms with Gasteiger partial charge in [-0.3, -0.25) is 10.7 Å². The van der Waals surface area contributed by atoms with Crippen LogP contribution in [0.4, 0.5) is 9.18 Å². The highest BCUT2D eigenvalue weighted by Crippen LogP contribution is 2.21. The molecular weight excluding hydrogens is 289 g/mol. The number of amidine groups is 1. The topological polar surface area (TPSA) is 88.2 Å². The summed E-state index contributed by atoms with van der Waals surface area (Å²) in [6.45, 7) is 5.13. The molecule has 0 spiro atoms. The predicted octanol–water partition coefficient (Wildman–Crippen LogP) is 3.33. The SMILES string of the molecule is CC(C)(C)OC(=O)NC(=N)c1ccc(-c2ccon2)c(F)c1. The van der Waals surface area contributed by atoms with E-state index in [1.54, 1.807) is 20.8 Å². The van der Waals surface area contributed by atoms with Crippen molar-refractivity contribution in [3.05, 3.63) is 41.9 Å². The van der Waals surface area contributed by atoms with Crippen molar-refractivity contribution in [3.8, 4) is 11.3 Å². The number of rotatable bonds is 2. The van der Waals surface area contributed by atoms with Gasteiger partial charge in [-0.25, -0.2) is 9.18 Å². The van der Waals surface area contributed by atoms with Crippen molar-refractivity contribution in [2.45, 2.75) is 26.4 Å². The lowest BCUT2D eigenvalue weighted by molar-refractivity contribution is 0.0563. The number of amides is 1. The monoisotopic (exact) mass is 305 g/mol. The van der Waals surface area contributed by atoms with Gasteiger partial charge >= 0.3 is 6.09 Å². The summed E-state index contributed by atoms with van der Waals surface area (Å²) < 4.78 is 23.8. The second kappa shape index (κ2) is 5.97. The number of halogens is 1. The van der Waals surface area contributed by atoms with Crippen molar-refractivity contribution in [3.63, 3.8) is 0 Å². The van der Waals surface area contributed by atoms with Crippen LogP contribution in [0.3, 0.4) is 0 Å². The first-order valence-electron chi connectivity index (χ1n) is 6.55. The number of carbonyl (C=O) groups excluding carboxylic acids is 1. The Labute approximate surface area is 126 Å². The average molecular weight is 305 g/mol. The van der Waals surface area contributed by atoms with Crippen molar-refractivity contribution >= 4 is 11.9 Å². The largest absolute Gasteiger partial charge is 0.444 e. The minimum atomic E-state index is -0.765. The van der Waals surface area contributed by atoms with Crippen molar-refractivity contribution in [1.82, 2.24) is 10.5 Å². The highest BCUT2D eigenvalue weighted by atomic mass is 19.1. The van der Waals surface area contributed by atoms with Gasteiger partial charge < -0.3 is 9.26 Å². The van der Waals surface area contributed by atoms with Gasteiger partial charge in [0.05, 0.1) is 0 Å². The first kappa shape index (κ1) is 15.7. The molecule has 0 aliphatic heterocycles. The number of carbonyl (C=O) groups is 1. The van der Waals surface area contributed by atoms with Gasteiger partial charge in [0.1, 0.15) is 29.2 Å². The maximum atomic E-state index is 14.1. The fourth-order valence-electron chi connectivity index (χ4n) is 1.71. The summed E-state index contributed by atoms with van der Waals surface area (Å²) in [5.74, 6) is -0.818. The molecule has 2 rings (SSSR count). The van der Waals surface area contributed by atoms with Crippen LogP contribution in [0, 0.1) is 11.2 Å². The van der Waals surface area contributed by atoms with E-state index in [0.29, 0.717) is 5.69 Å². The molecule has 116 valence electrons. The third-order valence-electron chi connectivity index (χ3n) is 2.60. The van der Waals surface area contributed by atoms with Crippen molar-refractivity contribution in [1.29, 1.82) is 5.41 Å². The lowest BCUT2D eigenvalue weighted by Crippen LogP contribution is -2.36. The molecule has 22 heavy (non-hydrogen) atoms. The Morgan fingerprint density at radius 3 is 2.64 bits per heavy atom. The van der Waals surface area contributed by atoms with Crippen LogP contribution in [-0.2, 0) is 4.74 Å². The first-order chi connectivity index (χ1) is 10.3. The zero-order valence-corrected chi connectivity index (χ0v) is 12.4. The molecule has 6 nitrogen and oxygen atoms in total. The minimum absolute atomic E-state index is 0.218. The second-order valence-electron chi connectivity index (χ2n) is 5.58. The van der Waals surface area contributed by atoms with Crippen LogP contribution in [0.25, 0.3) is 11.3 Å². The summed E-state index contributed by atoms with van der Waals surface area (Å²) in [6.07, 6.45) is 0.577. The Bertz CT molecular complexity index is 691. The highest BCUT2D eigenvalue weighted by molar-refractivity contribution is 6.04. The number of hydrogen-bond acceptors (Lipinski definition) is 5. The average Bonchev–Trinajstić information content (AvgIpc) is 2.89. The zero-order valence-electron chi connectivity index (χ0n) is 12.4. The molecule has 0 radical (unpaired) electrons. The van der Waals surface area contributed by atoms with Gasteiger partial charge in [0.25, 0.3) is 0 Å². The Hall–Kier alpha value is -2.70. The van der Waals surface area contributed by atoms with E-state index in [1.165, 1.54) is 24.5 Å². The smallest absolute Gasteiger partial charge is 0.413 e. The molecule has 0 bridgehead atoms. The molecule has 1 aromatic heterocycles. The summed E-state index contributed by atoms with van der Waals surface area (Å²) in [5, 5.41) is 13.7. The molecule has 0 aliphatic rings. The predicted molar refractivity (Wildman–Crippen MR) is 78.1 cm³/mol. The van der Waals surface area contributed by atoms with Crippen LogP contribution >= 0.6 is 0 Å². The van der Waals surface area contributed by atoms with Crippen LogP contribution in [0.1, 0.15) is 26.3 Å². The number of aromatic nitrogens is 1. The van der Waals surface area contributed by atoms with Crippen molar-refractivity contribution < 1.29 is 18.4 Å². The summed E-state index contributed by atoms with van der Waals surface area (Å²) >= 11 is 0. The second-order valence-corrected chi connectivity index (χ2v) is 5.58. The molecule has 0 atom stereocenters. The molecule has 2 N–H and O–H groups in total. The molecule has 7 heteroatoms. The summed E-state index contributed by atoms with van der Waals surface area (Å²) in [4.78, 5) is 11.6. The normalized spacial score (nSPS) is 11.1. The van der Waals surface area contributed by atoms with Gasteiger partial charge in [0, 0.05) is 17.2 Å². The summed E-state index contributed by atoms with van der Waals surface area (Å²) in [5.41, 5.74) is 0.153.